The van der Waals surface area contributed by atoms with Crippen LogP contribution in [0.5, 0.6) is 17.2 Å². The first kappa shape index (κ1) is 12.9. The zero-order valence-electron chi connectivity index (χ0n) is 9.61. The molecule has 0 fully saturated rings. The Morgan fingerprint density at radius 3 is 2.39 bits per heavy atom. The van der Waals surface area contributed by atoms with Crippen LogP contribution in [0.4, 0.5) is 5.69 Å². The molecule has 0 unspecified atom stereocenters. The minimum absolute atomic E-state index is 0.392. The molecular formula is C13H11Cl2NO2. The van der Waals surface area contributed by atoms with Crippen molar-refractivity contribution >= 4 is 28.9 Å². The van der Waals surface area contributed by atoms with E-state index < -0.39 is 0 Å². The smallest absolute Gasteiger partial charge is 0.151 e. The molecule has 2 aromatic carbocycles. The average Bonchev–Trinajstić information content (AvgIpc) is 2.36. The molecule has 0 aromatic heterocycles. The van der Waals surface area contributed by atoms with Crippen molar-refractivity contribution < 1.29 is 9.47 Å². The monoisotopic (exact) mass is 283 g/mol. The molecule has 94 valence electrons. The average molecular weight is 284 g/mol. The highest BCUT2D eigenvalue weighted by molar-refractivity contribution is 6.42. The molecule has 0 spiro atoms. The van der Waals surface area contributed by atoms with Gasteiger partial charge in [0.2, 0.25) is 0 Å². The molecule has 2 aromatic rings. The van der Waals surface area contributed by atoms with Crippen molar-refractivity contribution in [3.63, 3.8) is 0 Å². The van der Waals surface area contributed by atoms with Gasteiger partial charge in [-0.2, -0.15) is 0 Å². The normalized spacial score (nSPS) is 10.2. The lowest BCUT2D eigenvalue weighted by molar-refractivity contribution is 0.409. The Bertz CT molecular complexity index is 573. The molecule has 0 aliphatic rings. The van der Waals surface area contributed by atoms with E-state index >= 15 is 0 Å². The minimum Gasteiger partial charge on any atom is -0.497 e. The van der Waals surface area contributed by atoms with Gasteiger partial charge in [0.05, 0.1) is 22.8 Å². The maximum absolute atomic E-state index is 5.92. The molecule has 0 radical (unpaired) electrons. The van der Waals surface area contributed by atoms with Crippen LogP contribution >= 0.6 is 23.2 Å². The maximum Gasteiger partial charge on any atom is 0.151 e. The topological polar surface area (TPSA) is 44.5 Å². The molecule has 2 rings (SSSR count). The lowest BCUT2D eigenvalue weighted by Crippen LogP contribution is -1.93. The van der Waals surface area contributed by atoms with Crippen LogP contribution in [0.3, 0.4) is 0 Å². The van der Waals surface area contributed by atoms with E-state index in [1.54, 1.807) is 31.4 Å². The van der Waals surface area contributed by atoms with E-state index in [1.165, 1.54) is 0 Å². The Kier molecular flexibility index (Phi) is 3.84. The number of methoxy groups -OCH3 is 1. The summed E-state index contributed by atoms with van der Waals surface area (Å²) in [5.41, 5.74) is 6.23. The quantitative estimate of drug-likeness (QED) is 0.851. The van der Waals surface area contributed by atoms with Crippen LogP contribution in [0, 0.1) is 0 Å². The highest BCUT2D eigenvalue weighted by Gasteiger charge is 2.07. The van der Waals surface area contributed by atoms with Gasteiger partial charge in [-0.25, -0.2) is 0 Å². The number of ether oxygens (including phenoxy) is 2. The molecule has 0 amide bonds. The van der Waals surface area contributed by atoms with E-state index in [0.717, 1.165) is 0 Å². The highest BCUT2D eigenvalue weighted by atomic mass is 35.5. The van der Waals surface area contributed by atoms with Crippen LogP contribution in [0.2, 0.25) is 10.0 Å². The number of anilines is 1. The summed E-state index contributed by atoms with van der Waals surface area (Å²) in [6, 6.07) is 10.3. The van der Waals surface area contributed by atoms with Crippen molar-refractivity contribution in [2.45, 2.75) is 0 Å². The number of nitrogens with two attached hydrogens (primary N) is 1. The van der Waals surface area contributed by atoms with Gasteiger partial charge in [-0.1, -0.05) is 29.3 Å². The summed E-state index contributed by atoms with van der Waals surface area (Å²) in [4.78, 5) is 0. The van der Waals surface area contributed by atoms with E-state index in [2.05, 4.69) is 0 Å². The van der Waals surface area contributed by atoms with E-state index in [1.807, 2.05) is 12.1 Å². The Morgan fingerprint density at radius 2 is 1.67 bits per heavy atom. The molecule has 0 saturated heterocycles. The van der Waals surface area contributed by atoms with Crippen LogP contribution in [-0.2, 0) is 0 Å². The fraction of sp³-hybridized carbons (Fsp3) is 0.0769. The fourth-order valence-corrected chi connectivity index (χ4v) is 1.75. The van der Waals surface area contributed by atoms with Crippen molar-refractivity contribution in [2.24, 2.45) is 0 Å². The zero-order valence-corrected chi connectivity index (χ0v) is 11.1. The summed E-state index contributed by atoms with van der Waals surface area (Å²) in [5, 5.41) is 0.788. The van der Waals surface area contributed by atoms with Gasteiger partial charge < -0.3 is 15.2 Å². The first-order valence-corrected chi connectivity index (χ1v) is 5.92. The first-order chi connectivity index (χ1) is 8.60. The summed E-state index contributed by atoms with van der Waals surface area (Å²) in [5.74, 6) is 1.77. The number of rotatable bonds is 3. The Balaban J connectivity index is 2.30. The minimum atomic E-state index is 0.392. The second-order valence-electron chi connectivity index (χ2n) is 3.59. The van der Waals surface area contributed by atoms with Crippen LogP contribution in [0.15, 0.2) is 36.4 Å². The number of hydrogen-bond donors (Lipinski definition) is 1. The fourth-order valence-electron chi connectivity index (χ4n) is 1.42. The molecule has 0 atom stereocenters. The van der Waals surface area contributed by atoms with Crippen LogP contribution in [-0.4, -0.2) is 7.11 Å². The third-order valence-corrected chi connectivity index (χ3v) is 3.04. The molecule has 0 bridgehead atoms. The molecule has 5 heteroatoms. The zero-order chi connectivity index (χ0) is 13.1. The summed E-state index contributed by atoms with van der Waals surface area (Å²) in [6.45, 7) is 0. The molecule has 2 N–H and O–H groups in total. The van der Waals surface area contributed by atoms with Gasteiger partial charge in [-0.3, -0.25) is 0 Å². The van der Waals surface area contributed by atoms with Crippen molar-refractivity contribution in [3.8, 4) is 17.2 Å². The SMILES string of the molecule is COc1cccc(Oc2cc(Cl)c(Cl)cc2N)c1. The number of halogens is 2. The molecule has 18 heavy (non-hydrogen) atoms. The summed E-state index contributed by atoms with van der Waals surface area (Å²) in [6.07, 6.45) is 0. The van der Waals surface area contributed by atoms with Crippen molar-refractivity contribution in [1.29, 1.82) is 0 Å². The molecule has 0 aliphatic heterocycles. The lowest BCUT2D eigenvalue weighted by atomic mass is 10.3. The van der Waals surface area contributed by atoms with Gasteiger partial charge in [-0.15, -0.1) is 0 Å². The molecular weight excluding hydrogens is 273 g/mol. The van der Waals surface area contributed by atoms with E-state index in [4.69, 9.17) is 38.4 Å². The van der Waals surface area contributed by atoms with Gasteiger partial charge >= 0.3 is 0 Å². The summed E-state index contributed by atoms with van der Waals surface area (Å²) < 4.78 is 10.7. The van der Waals surface area contributed by atoms with Crippen molar-refractivity contribution in [2.75, 3.05) is 12.8 Å². The predicted octanol–water partition coefficient (Wildman–Crippen LogP) is 4.38. The Hall–Kier alpha value is -1.58. The Morgan fingerprint density at radius 1 is 1.00 bits per heavy atom. The second-order valence-corrected chi connectivity index (χ2v) is 4.40. The molecule has 0 heterocycles. The summed E-state index contributed by atoms with van der Waals surface area (Å²) in [7, 11) is 1.59. The van der Waals surface area contributed by atoms with E-state index in [9.17, 15) is 0 Å². The largest absolute Gasteiger partial charge is 0.497 e. The van der Waals surface area contributed by atoms with Gasteiger partial charge in [0, 0.05) is 12.1 Å². The number of hydrogen-bond acceptors (Lipinski definition) is 3. The molecule has 0 aliphatic carbocycles. The van der Waals surface area contributed by atoms with Gasteiger partial charge in [0.25, 0.3) is 0 Å². The maximum atomic E-state index is 5.92. The third kappa shape index (κ3) is 2.81. The molecule has 0 saturated carbocycles. The number of nitrogen functional groups attached to an aromatic ring is 1. The van der Waals surface area contributed by atoms with Crippen molar-refractivity contribution in [1.82, 2.24) is 0 Å². The number of benzene rings is 2. The third-order valence-electron chi connectivity index (χ3n) is 2.32. The predicted molar refractivity (Wildman–Crippen MR) is 73.9 cm³/mol. The van der Waals surface area contributed by atoms with Crippen LogP contribution in [0.25, 0.3) is 0 Å². The second kappa shape index (κ2) is 5.38. The van der Waals surface area contributed by atoms with Gasteiger partial charge in [-0.05, 0) is 18.2 Å². The van der Waals surface area contributed by atoms with E-state index in [0.29, 0.717) is 33.0 Å². The standard InChI is InChI=1S/C13H11Cl2NO2/c1-17-8-3-2-4-9(5-8)18-13-7-11(15)10(14)6-12(13)16/h2-7H,16H2,1H3. The van der Waals surface area contributed by atoms with Gasteiger partial charge in [0.15, 0.2) is 5.75 Å². The summed E-state index contributed by atoms with van der Waals surface area (Å²) >= 11 is 11.8. The van der Waals surface area contributed by atoms with Gasteiger partial charge in [0.1, 0.15) is 11.5 Å². The van der Waals surface area contributed by atoms with Crippen LogP contribution in [0.1, 0.15) is 0 Å². The van der Waals surface area contributed by atoms with Crippen molar-refractivity contribution in [3.05, 3.63) is 46.4 Å². The van der Waals surface area contributed by atoms with Crippen LogP contribution < -0.4 is 15.2 Å². The lowest BCUT2D eigenvalue weighted by Gasteiger charge is -2.10. The first-order valence-electron chi connectivity index (χ1n) is 5.16. The van der Waals surface area contributed by atoms with E-state index in [-0.39, 0.29) is 0 Å². The molecule has 3 nitrogen and oxygen atoms in total. The Labute approximate surface area is 115 Å². The highest BCUT2D eigenvalue weighted by Crippen LogP contribution is 2.35.